The molecule has 1 saturated heterocycles. The monoisotopic (exact) mass is 405 g/mol. The van der Waals surface area contributed by atoms with Gasteiger partial charge in [0.15, 0.2) is 0 Å². The molecule has 2 fully saturated rings. The Bertz CT molecular complexity index is 905. The molecule has 0 radical (unpaired) electrons. The van der Waals surface area contributed by atoms with E-state index in [0.717, 1.165) is 18.5 Å². The molecule has 6 heteroatoms. The molecule has 2 aromatic rings. The van der Waals surface area contributed by atoms with Crippen molar-refractivity contribution in [3.05, 3.63) is 60.2 Å². The van der Waals surface area contributed by atoms with Crippen LogP contribution in [0, 0.1) is 5.92 Å². The van der Waals surface area contributed by atoms with E-state index < -0.39 is 5.92 Å². The van der Waals surface area contributed by atoms with E-state index in [1.54, 1.807) is 29.2 Å². The van der Waals surface area contributed by atoms with E-state index in [9.17, 15) is 14.4 Å². The maximum absolute atomic E-state index is 12.6. The van der Waals surface area contributed by atoms with E-state index in [-0.39, 0.29) is 30.2 Å². The van der Waals surface area contributed by atoms with Gasteiger partial charge in [0.2, 0.25) is 11.8 Å². The average Bonchev–Trinajstić information content (AvgIpc) is 3.17. The zero-order valence-electron chi connectivity index (χ0n) is 17.0. The number of rotatable bonds is 5. The van der Waals surface area contributed by atoms with Crippen molar-refractivity contribution in [3.8, 4) is 0 Å². The van der Waals surface area contributed by atoms with Crippen molar-refractivity contribution in [2.24, 2.45) is 5.92 Å². The fourth-order valence-electron chi connectivity index (χ4n) is 4.21. The summed E-state index contributed by atoms with van der Waals surface area (Å²) in [6, 6.07) is 16.6. The molecule has 1 unspecified atom stereocenters. The van der Waals surface area contributed by atoms with Crippen LogP contribution in [0.4, 0.5) is 11.4 Å². The Labute approximate surface area is 176 Å². The predicted molar refractivity (Wildman–Crippen MR) is 116 cm³/mol. The SMILES string of the molecule is O=C(NC1CCCCC1)c1ccc(NC(=O)C2CC(=O)N(c3ccccc3)C2)cc1. The maximum atomic E-state index is 12.6. The summed E-state index contributed by atoms with van der Waals surface area (Å²) in [5.41, 5.74) is 2.02. The topological polar surface area (TPSA) is 78.5 Å². The van der Waals surface area contributed by atoms with Crippen molar-refractivity contribution in [1.82, 2.24) is 5.32 Å². The average molecular weight is 405 g/mol. The smallest absolute Gasteiger partial charge is 0.251 e. The fourth-order valence-corrected chi connectivity index (χ4v) is 4.21. The summed E-state index contributed by atoms with van der Waals surface area (Å²) in [5.74, 6) is -0.691. The van der Waals surface area contributed by atoms with Crippen LogP contribution in [0.1, 0.15) is 48.9 Å². The molecular weight excluding hydrogens is 378 g/mol. The van der Waals surface area contributed by atoms with Crippen LogP contribution in [-0.2, 0) is 9.59 Å². The Balaban J connectivity index is 1.32. The number of carbonyl (C=O) groups is 3. The molecule has 1 atom stereocenters. The van der Waals surface area contributed by atoms with Gasteiger partial charge in [-0.25, -0.2) is 0 Å². The molecule has 2 N–H and O–H groups in total. The second kappa shape index (κ2) is 9.11. The largest absolute Gasteiger partial charge is 0.349 e. The van der Waals surface area contributed by atoms with E-state index in [2.05, 4.69) is 10.6 Å². The molecule has 1 saturated carbocycles. The quantitative estimate of drug-likeness (QED) is 0.795. The van der Waals surface area contributed by atoms with Crippen LogP contribution in [0.2, 0.25) is 0 Å². The Morgan fingerprint density at radius 3 is 2.30 bits per heavy atom. The molecule has 1 heterocycles. The first-order chi connectivity index (χ1) is 14.6. The summed E-state index contributed by atoms with van der Waals surface area (Å²) in [4.78, 5) is 39.1. The highest BCUT2D eigenvalue weighted by atomic mass is 16.2. The van der Waals surface area contributed by atoms with Gasteiger partial charge in [-0.3, -0.25) is 14.4 Å². The number of hydrogen-bond donors (Lipinski definition) is 2. The molecule has 2 aromatic carbocycles. The highest BCUT2D eigenvalue weighted by Gasteiger charge is 2.35. The molecular formula is C24H27N3O3. The van der Waals surface area contributed by atoms with E-state index >= 15 is 0 Å². The number of benzene rings is 2. The van der Waals surface area contributed by atoms with Gasteiger partial charge in [-0.05, 0) is 49.2 Å². The molecule has 156 valence electrons. The van der Waals surface area contributed by atoms with Crippen LogP contribution in [0.3, 0.4) is 0 Å². The summed E-state index contributed by atoms with van der Waals surface area (Å²) in [5, 5.41) is 5.97. The number of carbonyl (C=O) groups excluding carboxylic acids is 3. The molecule has 1 aliphatic carbocycles. The first-order valence-corrected chi connectivity index (χ1v) is 10.7. The van der Waals surface area contributed by atoms with E-state index in [4.69, 9.17) is 0 Å². The van der Waals surface area contributed by atoms with Gasteiger partial charge in [0.1, 0.15) is 0 Å². The van der Waals surface area contributed by atoms with Crippen LogP contribution in [0.15, 0.2) is 54.6 Å². The van der Waals surface area contributed by atoms with Crippen LogP contribution in [0.5, 0.6) is 0 Å². The molecule has 4 rings (SSSR count). The number of hydrogen-bond acceptors (Lipinski definition) is 3. The molecule has 1 aliphatic heterocycles. The van der Waals surface area contributed by atoms with E-state index in [1.807, 2.05) is 30.3 Å². The second-order valence-electron chi connectivity index (χ2n) is 8.12. The van der Waals surface area contributed by atoms with Gasteiger partial charge in [-0.15, -0.1) is 0 Å². The number of para-hydroxylation sites is 1. The lowest BCUT2D eigenvalue weighted by molar-refractivity contribution is -0.122. The molecule has 0 bridgehead atoms. The van der Waals surface area contributed by atoms with Crippen molar-refractivity contribution in [1.29, 1.82) is 0 Å². The Kier molecular flexibility index (Phi) is 6.12. The zero-order chi connectivity index (χ0) is 20.9. The Hall–Kier alpha value is -3.15. The van der Waals surface area contributed by atoms with Gasteiger partial charge in [0.25, 0.3) is 5.91 Å². The van der Waals surface area contributed by atoms with Crippen molar-refractivity contribution in [2.45, 2.75) is 44.6 Å². The van der Waals surface area contributed by atoms with Gasteiger partial charge < -0.3 is 15.5 Å². The lowest BCUT2D eigenvalue weighted by Gasteiger charge is -2.22. The number of anilines is 2. The molecule has 30 heavy (non-hydrogen) atoms. The summed E-state index contributed by atoms with van der Waals surface area (Å²) >= 11 is 0. The first kappa shape index (κ1) is 20.1. The van der Waals surface area contributed by atoms with Gasteiger partial charge >= 0.3 is 0 Å². The van der Waals surface area contributed by atoms with Gasteiger partial charge in [-0.2, -0.15) is 0 Å². The van der Waals surface area contributed by atoms with Crippen LogP contribution < -0.4 is 15.5 Å². The molecule has 2 aliphatic rings. The maximum Gasteiger partial charge on any atom is 0.251 e. The summed E-state index contributed by atoms with van der Waals surface area (Å²) < 4.78 is 0. The molecule has 0 aromatic heterocycles. The Morgan fingerprint density at radius 2 is 1.60 bits per heavy atom. The number of amides is 3. The van der Waals surface area contributed by atoms with Crippen molar-refractivity contribution < 1.29 is 14.4 Å². The van der Waals surface area contributed by atoms with Crippen molar-refractivity contribution in [2.75, 3.05) is 16.8 Å². The minimum Gasteiger partial charge on any atom is -0.349 e. The lowest BCUT2D eigenvalue weighted by atomic mass is 9.95. The second-order valence-corrected chi connectivity index (χ2v) is 8.12. The lowest BCUT2D eigenvalue weighted by Crippen LogP contribution is -2.36. The van der Waals surface area contributed by atoms with Crippen molar-refractivity contribution >= 4 is 29.1 Å². The zero-order valence-corrected chi connectivity index (χ0v) is 17.0. The normalized spacial score (nSPS) is 19.5. The third-order valence-electron chi connectivity index (χ3n) is 5.92. The molecule has 0 spiro atoms. The summed E-state index contributed by atoms with van der Waals surface area (Å²) in [6.45, 7) is 0.372. The van der Waals surface area contributed by atoms with Crippen LogP contribution in [-0.4, -0.2) is 30.3 Å². The molecule has 6 nitrogen and oxygen atoms in total. The standard InChI is InChI=1S/C24H27N3O3/c28-22-15-18(16-27(22)21-9-5-2-6-10-21)24(30)26-20-13-11-17(12-14-20)23(29)25-19-7-3-1-4-8-19/h2,5-6,9-14,18-19H,1,3-4,7-8,15-16H2,(H,25,29)(H,26,30). The fraction of sp³-hybridized carbons (Fsp3) is 0.375. The van der Waals surface area contributed by atoms with Crippen molar-refractivity contribution in [3.63, 3.8) is 0 Å². The summed E-state index contributed by atoms with van der Waals surface area (Å²) in [7, 11) is 0. The predicted octanol–water partition coefficient (Wildman–Crippen LogP) is 3.74. The summed E-state index contributed by atoms with van der Waals surface area (Å²) in [6.07, 6.45) is 5.86. The van der Waals surface area contributed by atoms with E-state index in [0.29, 0.717) is 17.8 Å². The third kappa shape index (κ3) is 4.70. The van der Waals surface area contributed by atoms with E-state index in [1.165, 1.54) is 19.3 Å². The Morgan fingerprint density at radius 1 is 0.900 bits per heavy atom. The van der Waals surface area contributed by atoms with Gasteiger partial charge in [-0.1, -0.05) is 37.5 Å². The first-order valence-electron chi connectivity index (χ1n) is 10.7. The van der Waals surface area contributed by atoms with Gasteiger partial charge in [0.05, 0.1) is 5.92 Å². The highest BCUT2D eigenvalue weighted by molar-refractivity contribution is 6.03. The minimum absolute atomic E-state index is 0.0453. The van der Waals surface area contributed by atoms with Gasteiger partial charge in [0, 0.05) is 35.9 Å². The third-order valence-corrected chi connectivity index (χ3v) is 5.92. The minimum atomic E-state index is -0.396. The number of nitrogens with zero attached hydrogens (tertiary/aromatic N) is 1. The molecule has 3 amide bonds. The number of nitrogens with one attached hydrogen (secondary N) is 2. The van der Waals surface area contributed by atoms with Crippen LogP contribution in [0.25, 0.3) is 0 Å². The van der Waals surface area contributed by atoms with Crippen LogP contribution >= 0.6 is 0 Å². The highest BCUT2D eigenvalue weighted by Crippen LogP contribution is 2.26.